The topological polar surface area (TPSA) is 101 Å². The molecule has 2 heterocycles. The number of nitro groups is 1. The van der Waals surface area contributed by atoms with Crippen molar-refractivity contribution in [2.75, 3.05) is 0 Å². The van der Waals surface area contributed by atoms with Gasteiger partial charge in [-0.25, -0.2) is 0 Å². The van der Waals surface area contributed by atoms with Crippen LogP contribution in [0.25, 0.3) is 10.9 Å². The van der Waals surface area contributed by atoms with Gasteiger partial charge in [0, 0.05) is 35.7 Å². The molecular formula is C24H23N3O4. The molecule has 0 aliphatic heterocycles. The SMILES string of the molecule is O=C(C[C@H](CCc1ccccc1)c1c[nH]c2ccc([N+](=O)[O-])cc12)NCc1ccco1. The number of aryl methyl sites for hydroxylation is 1. The zero-order valence-electron chi connectivity index (χ0n) is 16.9. The van der Waals surface area contributed by atoms with Gasteiger partial charge in [-0.1, -0.05) is 30.3 Å². The van der Waals surface area contributed by atoms with E-state index in [1.807, 2.05) is 30.5 Å². The molecule has 0 fully saturated rings. The van der Waals surface area contributed by atoms with Gasteiger partial charge in [0.05, 0.1) is 17.7 Å². The van der Waals surface area contributed by atoms with Crippen LogP contribution in [0.2, 0.25) is 0 Å². The maximum atomic E-state index is 12.7. The molecule has 4 rings (SSSR count). The largest absolute Gasteiger partial charge is 0.467 e. The van der Waals surface area contributed by atoms with Crippen LogP contribution in [-0.4, -0.2) is 15.8 Å². The molecule has 0 aliphatic carbocycles. The van der Waals surface area contributed by atoms with E-state index in [0.29, 0.717) is 12.3 Å². The van der Waals surface area contributed by atoms with Gasteiger partial charge in [-0.05, 0) is 48.1 Å². The van der Waals surface area contributed by atoms with E-state index in [9.17, 15) is 14.9 Å². The van der Waals surface area contributed by atoms with Gasteiger partial charge in [-0.15, -0.1) is 0 Å². The summed E-state index contributed by atoms with van der Waals surface area (Å²) in [6.45, 7) is 0.330. The maximum Gasteiger partial charge on any atom is 0.270 e. The van der Waals surface area contributed by atoms with Crippen LogP contribution in [0.3, 0.4) is 0 Å². The second-order valence-corrected chi connectivity index (χ2v) is 7.51. The first-order valence-electron chi connectivity index (χ1n) is 10.2. The number of hydrogen-bond acceptors (Lipinski definition) is 4. The van der Waals surface area contributed by atoms with E-state index in [-0.39, 0.29) is 23.9 Å². The molecule has 7 heteroatoms. The maximum absolute atomic E-state index is 12.7. The number of nitro benzene ring substituents is 1. The predicted octanol–water partition coefficient (Wildman–Crippen LogP) is 5.09. The first-order chi connectivity index (χ1) is 15.1. The second kappa shape index (κ2) is 9.30. The van der Waals surface area contributed by atoms with Crippen molar-refractivity contribution in [1.82, 2.24) is 10.3 Å². The van der Waals surface area contributed by atoms with E-state index < -0.39 is 4.92 Å². The van der Waals surface area contributed by atoms with E-state index in [0.717, 1.165) is 29.3 Å². The number of benzene rings is 2. The first-order valence-corrected chi connectivity index (χ1v) is 10.2. The first kappa shape index (κ1) is 20.4. The number of hydrogen-bond donors (Lipinski definition) is 2. The molecule has 2 aromatic carbocycles. The molecule has 0 unspecified atom stereocenters. The highest BCUT2D eigenvalue weighted by molar-refractivity contribution is 5.87. The van der Waals surface area contributed by atoms with Gasteiger partial charge in [-0.3, -0.25) is 14.9 Å². The lowest BCUT2D eigenvalue weighted by molar-refractivity contribution is -0.384. The van der Waals surface area contributed by atoms with Crippen molar-refractivity contribution in [2.24, 2.45) is 0 Å². The van der Waals surface area contributed by atoms with Crippen molar-refractivity contribution >= 4 is 22.5 Å². The summed E-state index contributed by atoms with van der Waals surface area (Å²) in [5, 5.41) is 14.9. The average Bonchev–Trinajstić information content (AvgIpc) is 3.45. The zero-order valence-corrected chi connectivity index (χ0v) is 16.9. The molecule has 7 nitrogen and oxygen atoms in total. The minimum atomic E-state index is -0.398. The molecule has 0 saturated carbocycles. The third kappa shape index (κ3) is 5.01. The fraction of sp³-hybridized carbons (Fsp3) is 0.208. The summed E-state index contributed by atoms with van der Waals surface area (Å²) in [5.74, 6) is 0.513. The molecule has 0 aliphatic rings. The average molecular weight is 417 g/mol. The van der Waals surface area contributed by atoms with Crippen LogP contribution in [-0.2, 0) is 17.8 Å². The number of aromatic nitrogens is 1. The fourth-order valence-electron chi connectivity index (χ4n) is 3.83. The number of aromatic amines is 1. The number of non-ortho nitro benzene ring substituents is 1. The van der Waals surface area contributed by atoms with Gasteiger partial charge in [0.25, 0.3) is 5.69 Å². The van der Waals surface area contributed by atoms with Crippen LogP contribution in [0.15, 0.2) is 77.5 Å². The van der Waals surface area contributed by atoms with Gasteiger partial charge in [-0.2, -0.15) is 0 Å². The molecule has 31 heavy (non-hydrogen) atoms. The molecule has 2 aromatic heterocycles. The summed E-state index contributed by atoms with van der Waals surface area (Å²) < 4.78 is 5.28. The van der Waals surface area contributed by atoms with Gasteiger partial charge in [0.2, 0.25) is 5.91 Å². The molecule has 2 N–H and O–H groups in total. The Bertz CT molecular complexity index is 1170. The summed E-state index contributed by atoms with van der Waals surface area (Å²) in [5.41, 5.74) is 2.97. The molecule has 1 amide bonds. The lowest BCUT2D eigenvalue weighted by Crippen LogP contribution is -2.24. The van der Waals surface area contributed by atoms with E-state index >= 15 is 0 Å². The number of amides is 1. The van der Waals surface area contributed by atoms with Crippen molar-refractivity contribution in [3.63, 3.8) is 0 Å². The van der Waals surface area contributed by atoms with Crippen molar-refractivity contribution in [2.45, 2.75) is 31.7 Å². The summed E-state index contributed by atoms with van der Waals surface area (Å²) in [4.78, 5) is 26.7. The minimum Gasteiger partial charge on any atom is -0.467 e. The normalized spacial score (nSPS) is 12.0. The molecule has 158 valence electrons. The number of rotatable bonds is 9. The zero-order chi connectivity index (χ0) is 21.6. The Balaban J connectivity index is 1.56. The lowest BCUT2D eigenvalue weighted by Gasteiger charge is -2.16. The van der Waals surface area contributed by atoms with Crippen LogP contribution in [0.1, 0.15) is 35.6 Å². The highest BCUT2D eigenvalue weighted by Gasteiger charge is 2.21. The molecule has 0 radical (unpaired) electrons. The van der Waals surface area contributed by atoms with E-state index in [1.54, 1.807) is 24.5 Å². The highest BCUT2D eigenvalue weighted by atomic mass is 16.6. The van der Waals surface area contributed by atoms with E-state index in [2.05, 4.69) is 22.4 Å². The molecule has 1 atom stereocenters. The van der Waals surface area contributed by atoms with Gasteiger partial charge in [0.15, 0.2) is 0 Å². The van der Waals surface area contributed by atoms with Crippen molar-refractivity contribution in [3.05, 3.63) is 100 Å². The predicted molar refractivity (Wildman–Crippen MR) is 118 cm³/mol. The van der Waals surface area contributed by atoms with Crippen molar-refractivity contribution in [1.29, 1.82) is 0 Å². The third-order valence-electron chi connectivity index (χ3n) is 5.44. The molecule has 4 aromatic rings. The summed E-state index contributed by atoms with van der Waals surface area (Å²) >= 11 is 0. The molecule has 0 bridgehead atoms. The standard InChI is InChI=1S/C24H23N3O4/c28-24(26-15-20-7-4-12-31-20)13-18(9-8-17-5-2-1-3-6-17)22-16-25-23-11-10-19(27(29)30)14-21(22)23/h1-7,10-12,14,16,18,25H,8-9,13,15H2,(H,26,28)/t18-/m0/s1. The summed E-state index contributed by atoms with van der Waals surface area (Å²) in [7, 11) is 0. The Hall–Kier alpha value is -3.87. The third-order valence-corrected chi connectivity index (χ3v) is 5.44. The number of carbonyl (C=O) groups is 1. The van der Waals surface area contributed by atoms with Crippen molar-refractivity contribution in [3.8, 4) is 0 Å². The molecule has 0 saturated heterocycles. The number of furan rings is 1. The summed E-state index contributed by atoms with van der Waals surface area (Å²) in [6.07, 6.45) is 5.27. The smallest absolute Gasteiger partial charge is 0.270 e. The molecule has 0 spiro atoms. The number of carbonyl (C=O) groups excluding carboxylic acids is 1. The minimum absolute atomic E-state index is 0.0393. The van der Waals surface area contributed by atoms with Gasteiger partial charge >= 0.3 is 0 Å². The highest BCUT2D eigenvalue weighted by Crippen LogP contribution is 2.33. The summed E-state index contributed by atoms with van der Waals surface area (Å²) in [6, 6.07) is 18.5. The van der Waals surface area contributed by atoms with E-state index in [1.165, 1.54) is 11.6 Å². The van der Waals surface area contributed by atoms with Crippen LogP contribution in [0.4, 0.5) is 5.69 Å². The Morgan fingerprint density at radius 3 is 2.71 bits per heavy atom. The number of H-pyrrole nitrogens is 1. The van der Waals surface area contributed by atoms with Crippen LogP contribution in [0, 0.1) is 10.1 Å². The van der Waals surface area contributed by atoms with Crippen molar-refractivity contribution < 1.29 is 14.1 Å². The number of fused-ring (bicyclic) bond motifs is 1. The molecular weight excluding hydrogens is 394 g/mol. The fourth-order valence-corrected chi connectivity index (χ4v) is 3.83. The van der Waals surface area contributed by atoms with Crippen LogP contribution >= 0.6 is 0 Å². The quantitative estimate of drug-likeness (QED) is 0.292. The van der Waals surface area contributed by atoms with Crippen LogP contribution < -0.4 is 5.32 Å². The number of nitrogens with one attached hydrogen (secondary N) is 2. The monoisotopic (exact) mass is 417 g/mol. The van der Waals surface area contributed by atoms with Gasteiger partial charge < -0.3 is 14.7 Å². The van der Waals surface area contributed by atoms with E-state index in [4.69, 9.17) is 4.42 Å². The number of nitrogens with zero attached hydrogens (tertiary/aromatic N) is 1. The Morgan fingerprint density at radius 1 is 1.13 bits per heavy atom. The Labute approximate surface area is 179 Å². The van der Waals surface area contributed by atoms with Gasteiger partial charge in [0.1, 0.15) is 5.76 Å². The Morgan fingerprint density at radius 2 is 1.97 bits per heavy atom. The lowest BCUT2D eigenvalue weighted by atomic mass is 9.89. The Kier molecular flexibility index (Phi) is 6.12. The van der Waals surface area contributed by atoms with Crippen LogP contribution in [0.5, 0.6) is 0 Å². The second-order valence-electron chi connectivity index (χ2n) is 7.51.